The molecule has 0 aromatic carbocycles. The van der Waals surface area contributed by atoms with Crippen LogP contribution >= 0.6 is 0 Å². The van der Waals surface area contributed by atoms with Gasteiger partial charge in [0.25, 0.3) is 6.29 Å². The van der Waals surface area contributed by atoms with Gasteiger partial charge in [0.2, 0.25) is 0 Å². The van der Waals surface area contributed by atoms with Crippen LogP contribution in [0.5, 0.6) is 0 Å². The van der Waals surface area contributed by atoms with Gasteiger partial charge in [-0.3, -0.25) is 0 Å². The van der Waals surface area contributed by atoms with Crippen LogP contribution in [0.3, 0.4) is 0 Å². The molecule has 1 aromatic rings. The molecule has 5 N–H and O–H groups in total. The van der Waals surface area contributed by atoms with E-state index >= 15 is 0 Å². The number of aromatic nitrogens is 2. The van der Waals surface area contributed by atoms with Gasteiger partial charge in [-0.2, -0.15) is 4.98 Å². The van der Waals surface area contributed by atoms with Gasteiger partial charge in [0.05, 0.1) is 12.8 Å². The van der Waals surface area contributed by atoms with Gasteiger partial charge in [-0.05, 0) is 0 Å². The van der Waals surface area contributed by atoms with Crippen molar-refractivity contribution < 1.29 is 24.9 Å². The van der Waals surface area contributed by atoms with Crippen LogP contribution in [0, 0.1) is 0 Å². The summed E-state index contributed by atoms with van der Waals surface area (Å²) in [7, 11) is 0. The zero-order valence-electron chi connectivity index (χ0n) is 9.21. The molecule has 0 spiro atoms. The first kappa shape index (κ1) is 12.8. The van der Waals surface area contributed by atoms with E-state index in [9.17, 15) is 15.0 Å². The van der Waals surface area contributed by atoms with Crippen molar-refractivity contribution in [3.63, 3.8) is 0 Å². The highest BCUT2D eigenvalue weighted by atomic mass is 16.8. The van der Waals surface area contributed by atoms with Crippen molar-refractivity contribution in [2.75, 3.05) is 12.3 Å². The second kappa shape index (κ2) is 4.90. The largest absolute Gasteiger partial charge is 0.394 e. The molecule has 0 amide bonds. The fourth-order valence-corrected chi connectivity index (χ4v) is 1.55. The van der Waals surface area contributed by atoms with E-state index in [-0.39, 0.29) is 5.82 Å². The van der Waals surface area contributed by atoms with Crippen molar-refractivity contribution in [2.24, 2.45) is 0 Å². The zero-order chi connectivity index (χ0) is 13.3. The molecule has 1 aromatic heterocycles. The number of hydrogen-bond donors (Lipinski definition) is 4. The normalized spacial score (nSPS) is 31.5. The van der Waals surface area contributed by atoms with Gasteiger partial charge in [0.15, 0.2) is 0 Å². The minimum atomic E-state index is -1.38. The summed E-state index contributed by atoms with van der Waals surface area (Å²) in [6.07, 6.45) is -3.72. The van der Waals surface area contributed by atoms with Crippen molar-refractivity contribution in [3.05, 3.63) is 22.7 Å². The number of ether oxygens (including phenoxy) is 1. The van der Waals surface area contributed by atoms with E-state index in [2.05, 4.69) is 4.98 Å². The average molecular weight is 259 g/mol. The molecule has 0 saturated carbocycles. The second-order valence-corrected chi connectivity index (χ2v) is 3.77. The van der Waals surface area contributed by atoms with E-state index in [0.29, 0.717) is 0 Å². The fourth-order valence-electron chi connectivity index (χ4n) is 1.55. The summed E-state index contributed by atoms with van der Waals surface area (Å²) in [5, 5.41) is 28.0. The molecule has 2 rings (SSSR count). The Bertz CT molecular complexity index is 478. The van der Waals surface area contributed by atoms with Crippen molar-refractivity contribution >= 4 is 5.82 Å². The molecule has 1 aliphatic heterocycles. The highest BCUT2D eigenvalue weighted by Gasteiger charge is 2.44. The molecule has 1 aliphatic rings. The first-order chi connectivity index (χ1) is 8.52. The third kappa shape index (κ3) is 2.29. The van der Waals surface area contributed by atoms with E-state index < -0.39 is 36.9 Å². The van der Waals surface area contributed by atoms with Crippen molar-refractivity contribution in [1.82, 2.24) is 9.71 Å². The van der Waals surface area contributed by atoms with Gasteiger partial charge in [0, 0.05) is 6.07 Å². The van der Waals surface area contributed by atoms with Crippen LogP contribution in [0.1, 0.15) is 0 Å². The quantitative estimate of drug-likeness (QED) is 0.442. The molecule has 9 heteroatoms. The Morgan fingerprint density at radius 1 is 1.50 bits per heavy atom. The summed E-state index contributed by atoms with van der Waals surface area (Å²) < 4.78 is 5.75. The first-order valence-electron chi connectivity index (χ1n) is 5.17. The number of nitrogens with two attached hydrogens (primary N) is 1. The predicted molar refractivity (Wildman–Crippen MR) is 57.2 cm³/mol. The van der Waals surface area contributed by atoms with Crippen LogP contribution in [0.25, 0.3) is 0 Å². The summed E-state index contributed by atoms with van der Waals surface area (Å²) in [4.78, 5) is 19.8. The monoisotopic (exact) mass is 259 g/mol. The van der Waals surface area contributed by atoms with Gasteiger partial charge in [-0.25, -0.2) is 4.79 Å². The maximum Gasteiger partial charge on any atom is 0.382 e. The van der Waals surface area contributed by atoms with Crippen LogP contribution < -0.4 is 16.3 Å². The lowest BCUT2D eigenvalue weighted by Crippen LogP contribution is -2.41. The number of nitrogen functional groups attached to an aromatic ring is 1. The summed E-state index contributed by atoms with van der Waals surface area (Å²) in [6.45, 7) is -0.479. The highest BCUT2D eigenvalue weighted by Crippen LogP contribution is 2.20. The summed E-state index contributed by atoms with van der Waals surface area (Å²) in [5.41, 5.74) is 4.51. The third-order valence-electron chi connectivity index (χ3n) is 2.51. The van der Waals surface area contributed by atoms with Crippen LogP contribution in [-0.4, -0.2) is 56.2 Å². The van der Waals surface area contributed by atoms with Crippen LogP contribution in [-0.2, 0) is 4.74 Å². The van der Waals surface area contributed by atoms with Gasteiger partial charge in [-0.15, -0.1) is 4.73 Å². The Morgan fingerprint density at radius 2 is 2.22 bits per heavy atom. The Balaban J connectivity index is 2.13. The number of rotatable bonds is 3. The van der Waals surface area contributed by atoms with Gasteiger partial charge >= 0.3 is 5.69 Å². The van der Waals surface area contributed by atoms with E-state index in [4.69, 9.17) is 20.4 Å². The molecule has 1 saturated heterocycles. The lowest BCUT2D eigenvalue weighted by Gasteiger charge is -2.16. The summed E-state index contributed by atoms with van der Waals surface area (Å²) >= 11 is 0. The fraction of sp³-hybridized carbons (Fsp3) is 0.556. The zero-order valence-corrected chi connectivity index (χ0v) is 9.21. The van der Waals surface area contributed by atoms with E-state index in [1.807, 2.05) is 0 Å². The van der Waals surface area contributed by atoms with Crippen molar-refractivity contribution in [2.45, 2.75) is 24.6 Å². The molecule has 1 fully saturated rings. The predicted octanol–water partition coefficient (Wildman–Crippen LogP) is -3.31. The Labute approximate surface area is 101 Å². The minimum absolute atomic E-state index is 0.0287. The van der Waals surface area contributed by atoms with E-state index in [1.165, 1.54) is 12.3 Å². The molecule has 0 radical (unpaired) electrons. The lowest BCUT2D eigenvalue weighted by molar-refractivity contribution is -0.173. The third-order valence-corrected chi connectivity index (χ3v) is 2.51. The van der Waals surface area contributed by atoms with Gasteiger partial charge in [-0.1, -0.05) is 0 Å². The Morgan fingerprint density at radius 3 is 2.78 bits per heavy atom. The standard InChI is InChI=1S/C9H13N3O6/c10-5-1-2-12(9(16)11-5)18-8-7(15)6(14)4(3-13)17-8/h1-2,4,6-8,13-15H,3H2,(H2,10,11,16). The molecule has 4 atom stereocenters. The molecule has 100 valence electrons. The van der Waals surface area contributed by atoms with Crippen LogP contribution in [0.15, 0.2) is 17.1 Å². The number of nitrogens with zero attached hydrogens (tertiary/aromatic N) is 2. The Kier molecular flexibility index (Phi) is 3.48. The number of aliphatic hydroxyl groups excluding tert-OH is 3. The average Bonchev–Trinajstić information content (AvgIpc) is 2.60. The molecule has 2 heterocycles. The SMILES string of the molecule is Nc1ccn(OC2OC(CO)C(O)C2O)c(=O)n1. The van der Waals surface area contributed by atoms with Crippen LogP contribution in [0.4, 0.5) is 5.82 Å². The van der Waals surface area contributed by atoms with Crippen molar-refractivity contribution in [3.8, 4) is 0 Å². The molecule has 9 nitrogen and oxygen atoms in total. The number of hydrogen-bond acceptors (Lipinski definition) is 8. The number of anilines is 1. The maximum absolute atomic E-state index is 11.4. The van der Waals surface area contributed by atoms with E-state index in [0.717, 1.165) is 4.73 Å². The Hall–Kier alpha value is -1.68. The molecule has 18 heavy (non-hydrogen) atoms. The van der Waals surface area contributed by atoms with Crippen LogP contribution in [0.2, 0.25) is 0 Å². The maximum atomic E-state index is 11.4. The summed E-state index contributed by atoms with van der Waals surface area (Å²) in [6, 6.07) is 1.32. The topological polar surface area (TPSA) is 140 Å². The molecule has 4 unspecified atom stereocenters. The highest BCUT2D eigenvalue weighted by molar-refractivity contribution is 5.23. The summed E-state index contributed by atoms with van der Waals surface area (Å²) in [5.74, 6) is 0.0287. The second-order valence-electron chi connectivity index (χ2n) is 3.77. The molecular formula is C9H13N3O6. The minimum Gasteiger partial charge on any atom is -0.394 e. The van der Waals surface area contributed by atoms with Crippen molar-refractivity contribution in [1.29, 1.82) is 0 Å². The molecule has 0 aliphatic carbocycles. The molecular weight excluding hydrogens is 246 g/mol. The first-order valence-corrected chi connectivity index (χ1v) is 5.17. The van der Waals surface area contributed by atoms with E-state index in [1.54, 1.807) is 0 Å². The molecule has 0 bridgehead atoms. The lowest BCUT2D eigenvalue weighted by atomic mass is 10.1. The van der Waals surface area contributed by atoms with Gasteiger partial charge < -0.3 is 30.6 Å². The van der Waals surface area contributed by atoms with Gasteiger partial charge in [0.1, 0.15) is 24.1 Å². The number of aliphatic hydroxyl groups is 3. The smallest absolute Gasteiger partial charge is 0.382 e.